The maximum atomic E-state index is 12.8. The molecule has 1 aromatic carbocycles. The zero-order valence-corrected chi connectivity index (χ0v) is 9.86. The summed E-state index contributed by atoms with van der Waals surface area (Å²) in [4.78, 5) is 11.0. The van der Waals surface area contributed by atoms with E-state index in [1.165, 1.54) is 12.1 Å². The predicted molar refractivity (Wildman–Crippen MR) is 60.6 cm³/mol. The van der Waals surface area contributed by atoms with Crippen LogP contribution in [0.25, 0.3) is 11.3 Å². The van der Waals surface area contributed by atoms with E-state index >= 15 is 0 Å². The number of halogens is 4. The van der Waals surface area contributed by atoms with Gasteiger partial charge in [-0.2, -0.15) is 18.3 Å². The monoisotopic (exact) mass is 288 g/mol. The van der Waals surface area contributed by atoms with Crippen LogP contribution in [0.4, 0.5) is 17.6 Å². The van der Waals surface area contributed by atoms with Crippen LogP contribution >= 0.6 is 0 Å². The molecular weight excluding hydrogens is 280 g/mol. The van der Waals surface area contributed by atoms with Gasteiger partial charge in [0, 0.05) is 5.56 Å². The lowest BCUT2D eigenvalue weighted by atomic mass is 10.1. The van der Waals surface area contributed by atoms with E-state index in [0.29, 0.717) is 4.68 Å². The second-order valence-corrected chi connectivity index (χ2v) is 3.99. The first-order chi connectivity index (χ1) is 9.28. The molecule has 8 heteroatoms. The molecule has 2 aromatic rings. The van der Waals surface area contributed by atoms with Crippen molar-refractivity contribution >= 4 is 5.97 Å². The van der Waals surface area contributed by atoms with Gasteiger partial charge in [-0.1, -0.05) is 0 Å². The highest BCUT2D eigenvalue weighted by atomic mass is 19.4. The third-order valence-electron chi connectivity index (χ3n) is 2.52. The Balaban J connectivity index is 2.55. The van der Waals surface area contributed by atoms with Gasteiger partial charge in [-0.3, -0.25) is 4.68 Å². The van der Waals surface area contributed by atoms with Gasteiger partial charge in [-0.15, -0.1) is 0 Å². The number of rotatable bonds is 3. The molecule has 0 fully saturated rings. The lowest BCUT2D eigenvalue weighted by Crippen LogP contribution is -2.19. The van der Waals surface area contributed by atoms with E-state index in [0.717, 1.165) is 18.3 Å². The summed E-state index contributed by atoms with van der Waals surface area (Å²) in [5.74, 6) is -1.98. The van der Waals surface area contributed by atoms with Crippen molar-refractivity contribution in [3.8, 4) is 11.3 Å². The summed E-state index contributed by atoms with van der Waals surface area (Å²) in [5, 5.41) is 12.4. The zero-order valence-electron chi connectivity index (χ0n) is 9.86. The summed E-state index contributed by atoms with van der Waals surface area (Å²) < 4.78 is 50.7. The number of nitrogens with zero attached hydrogens (tertiary/aromatic N) is 2. The van der Waals surface area contributed by atoms with Gasteiger partial charge in [0.15, 0.2) is 0 Å². The van der Waals surface area contributed by atoms with Crippen LogP contribution in [0, 0.1) is 5.82 Å². The smallest absolute Gasteiger partial charge is 0.408 e. The molecule has 0 radical (unpaired) electrons. The van der Waals surface area contributed by atoms with Crippen LogP contribution in [0.2, 0.25) is 0 Å². The highest BCUT2D eigenvalue weighted by molar-refractivity contribution is 5.94. The Bertz CT molecular complexity index is 632. The molecule has 0 unspecified atom stereocenters. The SMILES string of the molecule is O=C(O)c1cnn(CC(F)(F)F)c1-c1ccc(F)cc1. The molecule has 1 aromatic heterocycles. The molecule has 4 nitrogen and oxygen atoms in total. The molecule has 0 saturated heterocycles. The maximum absolute atomic E-state index is 12.8. The van der Waals surface area contributed by atoms with Crippen molar-refractivity contribution in [3.63, 3.8) is 0 Å². The molecule has 0 aliphatic rings. The van der Waals surface area contributed by atoms with Gasteiger partial charge in [0.25, 0.3) is 0 Å². The summed E-state index contributed by atoms with van der Waals surface area (Å²) in [5.41, 5.74) is -0.443. The van der Waals surface area contributed by atoms with Gasteiger partial charge in [0.05, 0.1) is 11.9 Å². The van der Waals surface area contributed by atoms with E-state index in [1.807, 2.05) is 0 Å². The first-order valence-electron chi connectivity index (χ1n) is 5.40. The zero-order chi connectivity index (χ0) is 14.9. The van der Waals surface area contributed by atoms with Crippen LogP contribution in [0.1, 0.15) is 10.4 Å². The highest BCUT2D eigenvalue weighted by Crippen LogP contribution is 2.27. The number of carbonyl (C=O) groups is 1. The van der Waals surface area contributed by atoms with Gasteiger partial charge >= 0.3 is 12.1 Å². The highest BCUT2D eigenvalue weighted by Gasteiger charge is 2.31. The molecule has 1 N–H and O–H groups in total. The summed E-state index contributed by atoms with van der Waals surface area (Å²) in [6, 6.07) is 4.47. The molecule has 0 spiro atoms. The molecule has 106 valence electrons. The van der Waals surface area contributed by atoms with Crippen LogP contribution in [-0.2, 0) is 6.54 Å². The quantitative estimate of drug-likeness (QED) is 0.883. The first kappa shape index (κ1) is 14.0. The number of carboxylic acid groups (broad SMARTS) is 1. The topological polar surface area (TPSA) is 55.1 Å². The fourth-order valence-corrected chi connectivity index (χ4v) is 1.74. The molecule has 0 aliphatic heterocycles. The van der Waals surface area contributed by atoms with Gasteiger partial charge in [0.2, 0.25) is 0 Å². The Morgan fingerprint density at radius 1 is 1.25 bits per heavy atom. The van der Waals surface area contributed by atoms with Crippen molar-refractivity contribution in [1.29, 1.82) is 0 Å². The van der Waals surface area contributed by atoms with E-state index < -0.39 is 24.5 Å². The molecule has 1 heterocycles. The largest absolute Gasteiger partial charge is 0.478 e. The molecule has 0 bridgehead atoms. The summed E-state index contributed by atoms with van der Waals surface area (Å²) in [7, 11) is 0. The molecular formula is C12H8F4N2O2. The third kappa shape index (κ3) is 2.95. The van der Waals surface area contributed by atoms with E-state index in [-0.39, 0.29) is 16.8 Å². The number of carboxylic acids is 1. The normalized spacial score (nSPS) is 11.6. The first-order valence-corrected chi connectivity index (χ1v) is 5.40. The number of aromatic carboxylic acids is 1. The minimum Gasteiger partial charge on any atom is -0.478 e. The second kappa shape index (κ2) is 4.95. The fourth-order valence-electron chi connectivity index (χ4n) is 1.74. The number of hydrogen-bond acceptors (Lipinski definition) is 2. The Labute approximate surface area is 110 Å². The van der Waals surface area contributed by atoms with Gasteiger partial charge in [-0.05, 0) is 24.3 Å². The second-order valence-electron chi connectivity index (χ2n) is 3.99. The Kier molecular flexibility index (Phi) is 3.47. The van der Waals surface area contributed by atoms with Crippen molar-refractivity contribution in [2.45, 2.75) is 12.7 Å². The van der Waals surface area contributed by atoms with E-state index in [1.54, 1.807) is 0 Å². The summed E-state index contributed by atoms with van der Waals surface area (Å²) in [6.45, 7) is -1.42. The number of alkyl halides is 3. The van der Waals surface area contributed by atoms with Crippen molar-refractivity contribution in [3.05, 3.63) is 41.8 Å². The Morgan fingerprint density at radius 2 is 1.85 bits per heavy atom. The lowest BCUT2D eigenvalue weighted by molar-refractivity contribution is -0.142. The molecule has 0 aliphatic carbocycles. The van der Waals surface area contributed by atoms with E-state index in [2.05, 4.69) is 5.10 Å². The average molecular weight is 288 g/mol. The minimum absolute atomic E-state index is 0.144. The molecule has 0 saturated carbocycles. The molecule has 20 heavy (non-hydrogen) atoms. The van der Waals surface area contributed by atoms with Crippen molar-refractivity contribution in [2.75, 3.05) is 0 Å². The Morgan fingerprint density at radius 3 is 2.35 bits per heavy atom. The van der Waals surface area contributed by atoms with Crippen molar-refractivity contribution in [1.82, 2.24) is 9.78 Å². The number of hydrogen-bond donors (Lipinski definition) is 1. The van der Waals surface area contributed by atoms with Gasteiger partial charge in [-0.25, -0.2) is 9.18 Å². The Hall–Kier alpha value is -2.38. The molecule has 0 amide bonds. The van der Waals surface area contributed by atoms with Crippen molar-refractivity contribution < 1.29 is 27.5 Å². The van der Waals surface area contributed by atoms with Crippen LogP contribution < -0.4 is 0 Å². The standard InChI is InChI=1S/C12H8F4N2O2/c13-8-3-1-7(2-4-8)10-9(11(19)20)5-17-18(10)6-12(14,15)16/h1-5H,6H2,(H,19,20). The number of benzene rings is 1. The minimum atomic E-state index is -4.55. The van der Waals surface area contributed by atoms with E-state index in [9.17, 15) is 22.4 Å². The lowest BCUT2D eigenvalue weighted by Gasteiger charge is -2.11. The van der Waals surface area contributed by atoms with Crippen LogP contribution in [0.15, 0.2) is 30.5 Å². The maximum Gasteiger partial charge on any atom is 0.408 e. The predicted octanol–water partition coefficient (Wildman–Crippen LogP) is 2.95. The van der Waals surface area contributed by atoms with Crippen LogP contribution in [-0.4, -0.2) is 27.0 Å². The van der Waals surface area contributed by atoms with Crippen LogP contribution in [0.5, 0.6) is 0 Å². The van der Waals surface area contributed by atoms with Gasteiger partial charge in [0.1, 0.15) is 17.9 Å². The number of aromatic nitrogens is 2. The van der Waals surface area contributed by atoms with Gasteiger partial charge < -0.3 is 5.11 Å². The summed E-state index contributed by atoms with van der Waals surface area (Å²) in [6.07, 6.45) is -3.71. The third-order valence-corrected chi connectivity index (χ3v) is 2.52. The summed E-state index contributed by atoms with van der Waals surface area (Å²) >= 11 is 0. The molecule has 2 rings (SSSR count). The van der Waals surface area contributed by atoms with E-state index in [4.69, 9.17) is 5.11 Å². The fraction of sp³-hybridized carbons (Fsp3) is 0.167. The average Bonchev–Trinajstić information content (AvgIpc) is 2.71. The van der Waals surface area contributed by atoms with Crippen molar-refractivity contribution in [2.24, 2.45) is 0 Å². The molecule has 0 atom stereocenters. The van der Waals surface area contributed by atoms with Crippen LogP contribution in [0.3, 0.4) is 0 Å².